The number of carbonyl (C=O) groups is 1. The van der Waals surface area contributed by atoms with Crippen molar-refractivity contribution < 1.29 is 4.79 Å². The van der Waals surface area contributed by atoms with Gasteiger partial charge in [0.2, 0.25) is 5.91 Å². The molecule has 0 atom stereocenters. The van der Waals surface area contributed by atoms with Crippen LogP contribution in [0.1, 0.15) is 31.4 Å². The largest absolute Gasteiger partial charge is 0.325 e. The molecule has 0 saturated heterocycles. The predicted molar refractivity (Wildman–Crippen MR) is 121 cm³/mol. The molecule has 152 valence electrons. The first kappa shape index (κ1) is 21.4. The van der Waals surface area contributed by atoms with Crippen molar-refractivity contribution in [2.24, 2.45) is 0 Å². The van der Waals surface area contributed by atoms with Crippen LogP contribution in [0.25, 0.3) is 11.4 Å². The van der Waals surface area contributed by atoms with Gasteiger partial charge in [-0.25, -0.2) is 0 Å². The quantitative estimate of drug-likeness (QED) is 0.473. The maximum atomic E-state index is 12.6. The van der Waals surface area contributed by atoms with Crippen LogP contribution in [-0.2, 0) is 17.8 Å². The van der Waals surface area contributed by atoms with Crippen molar-refractivity contribution in [1.29, 1.82) is 0 Å². The highest BCUT2D eigenvalue weighted by molar-refractivity contribution is 7.99. The van der Waals surface area contributed by atoms with Gasteiger partial charge in [-0.05, 0) is 55.2 Å². The van der Waals surface area contributed by atoms with E-state index in [2.05, 4.69) is 33.9 Å². The van der Waals surface area contributed by atoms with Gasteiger partial charge in [0.05, 0.1) is 5.75 Å². The average Bonchev–Trinajstić information content (AvgIpc) is 3.11. The van der Waals surface area contributed by atoms with Crippen LogP contribution < -0.4 is 5.32 Å². The summed E-state index contributed by atoms with van der Waals surface area (Å²) in [6.45, 7) is 6.99. The molecule has 0 unspecified atom stereocenters. The summed E-state index contributed by atoms with van der Waals surface area (Å²) in [4.78, 5) is 12.6. The van der Waals surface area contributed by atoms with E-state index in [1.807, 2.05) is 49.4 Å². The smallest absolute Gasteiger partial charge is 0.234 e. The number of nitrogens with zero attached hydrogens (tertiary/aromatic N) is 3. The fraction of sp³-hybridized carbons (Fsp3) is 0.318. The van der Waals surface area contributed by atoms with Crippen LogP contribution in [0.2, 0.25) is 5.02 Å². The molecule has 29 heavy (non-hydrogen) atoms. The molecule has 2 aromatic carbocycles. The average molecular weight is 429 g/mol. The molecule has 3 aromatic rings. The van der Waals surface area contributed by atoms with Gasteiger partial charge in [-0.3, -0.25) is 4.79 Å². The second-order valence-electron chi connectivity index (χ2n) is 6.76. The maximum Gasteiger partial charge on any atom is 0.234 e. The van der Waals surface area contributed by atoms with E-state index in [0.29, 0.717) is 5.02 Å². The van der Waals surface area contributed by atoms with Gasteiger partial charge in [0.25, 0.3) is 0 Å². The molecule has 7 heteroatoms. The molecule has 0 radical (unpaired) electrons. The number of amides is 1. The Bertz CT molecular complexity index is 985. The maximum absolute atomic E-state index is 12.6. The van der Waals surface area contributed by atoms with Crippen molar-refractivity contribution in [2.45, 2.75) is 45.3 Å². The molecule has 1 heterocycles. The third-order valence-electron chi connectivity index (χ3n) is 4.60. The van der Waals surface area contributed by atoms with Crippen molar-refractivity contribution >= 4 is 35.0 Å². The molecule has 1 amide bonds. The first-order valence-corrected chi connectivity index (χ1v) is 11.1. The molecule has 0 aliphatic heterocycles. The van der Waals surface area contributed by atoms with Crippen LogP contribution in [0.3, 0.4) is 0 Å². The lowest BCUT2D eigenvalue weighted by atomic mass is 10.1. The number of thioether (sulfide) groups is 1. The summed E-state index contributed by atoms with van der Waals surface area (Å²) in [6, 6.07) is 13.6. The monoisotopic (exact) mass is 428 g/mol. The van der Waals surface area contributed by atoms with Crippen molar-refractivity contribution in [3.05, 3.63) is 58.6 Å². The molecule has 3 rings (SSSR count). The summed E-state index contributed by atoms with van der Waals surface area (Å²) < 4.78 is 2.06. The van der Waals surface area contributed by atoms with E-state index >= 15 is 0 Å². The topological polar surface area (TPSA) is 59.8 Å². The van der Waals surface area contributed by atoms with Gasteiger partial charge in [0, 0.05) is 22.8 Å². The zero-order valence-electron chi connectivity index (χ0n) is 16.9. The lowest BCUT2D eigenvalue weighted by Gasteiger charge is -2.13. The summed E-state index contributed by atoms with van der Waals surface area (Å²) in [7, 11) is 0. The van der Waals surface area contributed by atoms with Crippen LogP contribution >= 0.6 is 23.4 Å². The fourth-order valence-electron chi connectivity index (χ4n) is 3.14. The van der Waals surface area contributed by atoms with E-state index in [9.17, 15) is 4.79 Å². The van der Waals surface area contributed by atoms with Gasteiger partial charge < -0.3 is 9.88 Å². The Hall–Kier alpha value is -2.31. The van der Waals surface area contributed by atoms with Gasteiger partial charge in [0.15, 0.2) is 11.0 Å². The Labute approximate surface area is 180 Å². The van der Waals surface area contributed by atoms with E-state index in [-0.39, 0.29) is 11.7 Å². The summed E-state index contributed by atoms with van der Waals surface area (Å²) >= 11 is 7.40. The summed E-state index contributed by atoms with van der Waals surface area (Å²) in [5.74, 6) is 1.02. The minimum absolute atomic E-state index is 0.0434. The van der Waals surface area contributed by atoms with E-state index in [0.717, 1.165) is 52.7 Å². The highest BCUT2D eigenvalue weighted by Crippen LogP contribution is 2.26. The SMILES string of the molecule is CCCn1c(SCC(=O)Nc2c(C)cccc2CC)nnc1-c1ccc(Cl)cc1. The summed E-state index contributed by atoms with van der Waals surface area (Å²) in [5, 5.41) is 13.2. The molecule has 0 fully saturated rings. The van der Waals surface area contributed by atoms with Gasteiger partial charge in [-0.1, -0.05) is 55.4 Å². The number of aryl methyl sites for hydroxylation is 2. The third kappa shape index (κ3) is 5.19. The zero-order chi connectivity index (χ0) is 20.8. The van der Waals surface area contributed by atoms with Gasteiger partial charge in [-0.2, -0.15) is 0 Å². The standard InChI is InChI=1S/C22H25ClN4OS/c1-4-13-27-21(17-9-11-18(23)12-10-17)25-26-22(27)29-14-19(28)24-20-15(3)7-6-8-16(20)5-2/h6-12H,4-5,13-14H2,1-3H3,(H,24,28). The number of aromatic nitrogens is 3. The zero-order valence-corrected chi connectivity index (χ0v) is 18.5. The molecule has 0 spiro atoms. The van der Waals surface area contributed by atoms with E-state index < -0.39 is 0 Å². The van der Waals surface area contributed by atoms with E-state index in [1.54, 1.807) is 0 Å². The molecule has 0 bridgehead atoms. The Morgan fingerprint density at radius 1 is 1.14 bits per heavy atom. The number of hydrogen-bond donors (Lipinski definition) is 1. The lowest BCUT2D eigenvalue weighted by molar-refractivity contribution is -0.113. The molecular weight excluding hydrogens is 404 g/mol. The van der Waals surface area contributed by atoms with Crippen molar-refractivity contribution in [1.82, 2.24) is 14.8 Å². The first-order chi connectivity index (χ1) is 14.0. The lowest BCUT2D eigenvalue weighted by Crippen LogP contribution is -2.16. The second-order valence-corrected chi connectivity index (χ2v) is 8.14. The number of para-hydroxylation sites is 1. The van der Waals surface area contributed by atoms with Crippen LogP contribution in [0.5, 0.6) is 0 Å². The van der Waals surface area contributed by atoms with Crippen LogP contribution in [0.15, 0.2) is 47.6 Å². The van der Waals surface area contributed by atoms with Gasteiger partial charge in [-0.15, -0.1) is 10.2 Å². The number of nitrogens with one attached hydrogen (secondary N) is 1. The van der Waals surface area contributed by atoms with E-state index in [4.69, 9.17) is 11.6 Å². The van der Waals surface area contributed by atoms with Crippen LogP contribution in [-0.4, -0.2) is 26.4 Å². The van der Waals surface area contributed by atoms with Crippen molar-refractivity contribution in [2.75, 3.05) is 11.1 Å². The van der Waals surface area contributed by atoms with Crippen molar-refractivity contribution in [3.63, 3.8) is 0 Å². The van der Waals surface area contributed by atoms with Crippen LogP contribution in [0.4, 0.5) is 5.69 Å². The highest BCUT2D eigenvalue weighted by atomic mass is 35.5. The summed E-state index contributed by atoms with van der Waals surface area (Å²) in [5.41, 5.74) is 4.08. The second kappa shape index (κ2) is 9.94. The fourth-order valence-corrected chi connectivity index (χ4v) is 4.03. The molecule has 1 aromatic heterocycles. The minimum atomic E-state index is -0.0434. The first-order valence-electron chi connectivity index (χ1n) is 9.73. The number of benzene rings is 2. The molecule has 5 nitrogen and oxygen atoms in total. The number of rotatable bonds is 8. The number of anilines is 1. The molecule has 0 aliphatic rings. The van der Waals surface area contributed by atoms with Crippen LogP contribution in [0, 0.1) is 6.92 Å². The minimum Gasteiger partial charge on any atom is -0.325 e. The van der Waals surface area contributed by atoms with Gasteiger partial charge in [0.1, 0.15) is 0 Å². The highest BCUT2D eigenvalue weighted by Gasteiger charge is 2.16. The molecular formula is C22H25ClN4OS. The Morgan fingerprint density at radius 2 is 1.90 bits per heavy atom. The predicted octanol–water partition coefficient (Wildman–Crippen LogP) is 5.61. The molecule has 0 saturated carbocycles. The number of halogens is 1. The Balaban J connectivity index is 1.74. The number of hydrogen-bond acceptors (Lipinski definition) is 4. The van der Waals surface area contributed by atoms with Gasteiger partial charge >= 0.3 is 0 Å². The van der Waals surface area contributed by atoms with Crippen molar-refractivity contribution in [3.8, 4) is 11.4 Å². The van der Waals surface area contributed by atoms with E-state index in [1.165, 1.54) is 11.8 Å². The number of carbonyl (C=O) groups excluding carboxylic acids is 1. The third-order valence-corrected chi connectivity index (χ3v) is 5.82. The Morgan fingerprint density at radius 3 is 2.59 bits per heavy atom. The molecule has 0 aliphatic carbocycles. The molecule has 1 N–H and O–H groups in total. The Kier molecular flexibility index (Phi) is 7.34. The summed E-state index contributed by atoms with van der Waals surface area (Å²) in [6.07, 6.45) is 1.82. The normalized spacial score (nSPS) is 10.9.